The molecule has 2 N–H and O–H groups in total. The average Bonchev–Trinajstić information content (AvgIpc) is 2.85. The molecule has 0 bridgehead atoms. The van der Waals surface area contributed by atoms with Crippen molar-refractivity contribution in [2.75, 3.05) is 19.6 Å². The van der Waals surface area contributed by atoms with Gasteiger partial charge in [-0.2, -0.15) is 0 Å². The number of amides is 2. The summed E-state index contributed by atoms with van der Waals surface area (Å²) in [6, 6.07) is 2.37. The molecule has 1 aliphatic rings. The van der Waals surface area contributed by atoms with Gasteiger partial charge in [-0.15, -0.1) is 11.3 Å². The summed E-state index contributed by atoms with van der Waals surface area (Å²) in [5.74, 6) is 0.458. The van der Waals surface area contributed by atoms with Crippen molar-refractivity contribution in [1.82, 2.24) is 15.5 Å². The molecular formula is C15H25N3OS. The maximum atomic E-state index is 11.7. The van der Waals surface area contributed by atoms with Gasteiger partial charge in [0.15, 0.2) is 0 Å². The maximum Gasteiger partial charge on any atom is 0.315 e. The second-order valence-electron chi connectivity index (χ2n) is 5.83. The van der Waals surface area contributed by atoms with Crippen molar-refractivity contribution in [3.05, 3.63) is 21.9 Å². The molecule has 0 spiro atoms. The monoisotopic (exact) mass is 295 g/mol. The third-order valence-corrected chi connectivity index (χ3v) is 4.98. The lowest BCUT2D eigenvalue weighted by Gasteiger charge is -2.27. The van der Waals surface area contributed by atoms with Gasteiger partial charge in [0.2, 0.25) is 0 Å². The summed E-state index contributed by atoms with van der Waals surface area (Å²) < 4.78 is 0. The summed E-state index contributed by atoms with van der Waals surface area (Å²) in [6.07, 6.45) is 1.14. The van der Waals surface area contributed by atoms with Gasteiger partial charge in [0.25, 0.3) is 0 Å². The SMILES string of the molecule is CC(C)C(C)NC(=O)NCCN1CCc2sccc2C1. The molecule has 1 aromatic heterocycles. The van der Waals surface area contributed by atoms with Gasteiger partial charge in [-0.05, 0) is 36.3 Å². The predicted octanol–water partition coefficient (Wildman–Crippen LogP) is 2.45. The number of fused-ring (bicyclic) bond motifs is 1. The van der Waals surface area contributed by atoms with Crippen LogP contribution in [0.2, 0.25) is 0 Å². The molecule has 0 saturated heterocycles. The Morgan fingerprint density at radius 2 is 2.25 bits per heavy atom. The molecule has 1 unspecified atom stereocenters. The summed E-state index contributed by atoms with van der Waals surface area (Å²) in [5, 5.41) is 8.08. The van der Waals surface area contributed by atoms with Crippen LogP contribution in [0.5, 0.6) is 0 Å². The van der Waals surface area contributed by atoms with Crippen LogP contribution in [0, 0.1) is 5.92 Å². The molecule has 0 saturated carbocycles. The van der Waals surface area contributed by atoms with Gasteiger partial charge in [0.1, 0.15) is 0 Å². The highest BCUT2D eigenvalue weighted by atomic mass is 32.1. The van der Waals surface area contributed by atoms with Gasteiger partial charge in [-0.1, -0.05) is 13.8 Å². The van der Waals surface area contributed by atoms with Gasteiger partial charge < -0.3 is 10.6 Å². The number of nitrogens with zero attached hydrogens (tertiary/aromatic N) is 1. The first-order chi connectivity index (χ1) is 9.56. The molecular weight excluding hydrogens is 270 g/mol. The van der Waals surface area contributed by atoms with E-state index in [1.54, 1.807) is 0 Å². The minimum absolute atomic E-state index is 0.0561. The van der Waals surface area contributed by atoms with Crippen molar-refractivity contribution in [2.24, 2.45) is 5.92 Å². The molecule has 2 rings (SSSR count). The molecule has 112 valence electrons. The Bertz CT molecular complexity index is 444. The number of carbonyl (C=O) groups excluding carboxylic acids is 1. The van der Waals surface area contributed by atoms with E-state index in [0.717, 1.165) is 26.1 Å². The van der Waals surface area contributed by atoms with Gasteiger partial charge >= 0.3 is 6.03 Å². The average molecular weight is 295 g/mol. The van der Waals surface area contributed by atoms with Crippen molar-refractivity contribution in [3.8, 4) is 0 Å². The molecule has 0 fully saturated rings. The molecule has 20 heavy (non-hydrogen) atoms. The zero-order valence-corrected chi connectivity index (χ0v) is 13.4. The fraction of sp³-hybridized carbons (Fsp3) is 0.667. The van der Waals surface area contributed by atoms with Crippen molar-refractivity contribution in [3.63, 3.8) is 0 Å². The zero-order chi connectivity index (χ0) is 14.5. The molecule has 1 aromatic rings. The normalized spacial score (nSPS) is 16.8. The summed E-state index contributed by atoms with van der Waals surface area (Å²) in [7, 11) is 0. The second kappa shape index (κ2) is 7.09. The number of hydrogen-bond acceptors (Lipinski definition) is 3. The van der Waals surface area contributed by atoms with Crippen molar-refractivity contribution >= 4 is 17.4 Å². The summed E-state index contributed by atoms with van der Waals surface area (Å²) in [5.41, 5.74) is 1.46. The van der Waals surface area contributed by atoms with Crippen LogP contribution in [0.1, 0.15) is 31.2 Å². The van der Waals surface area contributed by atoms with E-state index in [0.29, 0.717) is 12.5 Å². The van der Waals surface area contributed by atoms with E-state index in [4.69, 9.17) is 0 Å². The van der Waals surface area contributed by atoms with Crippen molar-refractivity contribution < 1.29 is 4.79 Å². The van der Waals surface area contributed by atoms with Crippen LogP contribution in [0.15, 0.2) is 11.4 Å². The van der Waals surface area contributed by atoms with Gasteiger partial charge in [-0.25, -0.2) is 4.79 Å². The number of carbonyl (C=O) groups is 1. The highest BCUT2D eigenvalue weighted by Crippen LogP contribution is 2.23. The largest absolute Gasteiger partial charge is 0.337 e. The smallest absolute Gasteiger partial charge is 0.315 e. The Kier molecular flexibility index (Phi) is 5.43. The highest BCUT2D eigenvalue weighted by Gasteiger charge is 2.17. The highest BCUT2D eigenvalue weighted by molar-refractivity contribution is 7.10. The van der Waals surface area contributed by atoms with Crippen molar-refractivity contribution in [2.45, 2.75) is 39.8 Å². The molecule has 0 aromatic carbocycles. The van der Waals surface area contributed by atoms with E-state index in [1.807, 2.05) is 18.3 Å². The van der Waals surface area contributed by atoms with Crippen LogP contribution in [-0.2, 0) is 13.0 Å². The lowest BCUT2D eigenvalue weighted by atomic mass is 10.1. The summed E-state index contributed by atoms with van der Waals surface area (Å²) in [6.45, 7) is 9.99. The zero-order valence-electron chi connectivity index (χ0n) is 12.6. The van der Waals surface area contributed by atoms with E-state index in [2.05, 4.69) is 40.8 Å². The van der Waals surface area contributed by atoms with E-state index in [9.17, 15) is 4.79 Å². The number of rotatable bonds is 5. The van der Waals surface area contributed by atoms with E-state index < -0.39 is 0 Å². The maximum absolute atomic E-state index is 11.7. The lowest BCUT2D eigenvalue weighted by molar-refractivity contribution is 0.226. The number of thiophene rings is 1. The Balaban J connectivity index is 1.66. The molecule has 2 amide bonds. The van der Waals surface area contributed by atoms with Crippen LogP contribution < -0.4 is 10.6 Å². The first-order valence-corrected chi connectivity index (χ1v) is 8.26. The summed E-state index contributed by atoms with van der Waals surface area (Å²) >= 11 is 1.86. The van der Waals surface area contributed by atoms with Gasteiger partial charge in [0, 0.05) is 37.1 Å². The molecule has 0 aliphatic carbocycles. The Morgan fingerprint density at radius 1 is 1.45 bits per heavy atom. The fourth-order valence-corrected chi connectivity index (χ4v) is 3.14. The minimum atomic E-state index is -0.0561. The van der Waals surface area contributed by atoms with E-state index >= 15 is 0 Å². The van der Waals surface area contributed by atoms with E-state index in [1.165, 1.54) is 10.4 Å². The van der Waals surface area contributed by atoms with E-state index in [-0.39, 0.29) is 12.1 Å². The number of nitrogens with one attached hydrogen (secondary N) is 2. The molecule has 1 aliphatic heterocycles. The molecule has 2 heterocycles. The first kappa shape index (κ1) is 15.3. The third kappa shape index (κ3) is 4.21. The van der Waals surface area contributed by atoms with Crippen LogP contribution in [-0.4, -0.2) is 36.6 Å². The number of hydrogen-bond donors (Lipinski definition) is 2. The lowest BCUT2D eigenvalue weighted by Crippen LogP contribution is -2.45. The minimum Gasteiger partial charge on any atom is -0.337 e. The first-order valence-electron chi connectivity index (χ1n) is 7.38. The third-order valence-electron chi connectivity index (χ3n) is 3.96. The predicted molar refractivity (Wildman–Crippen MR) is 84.1 cm³/mol. The van der Waals surface area contributed by atoms with Crippen LogP contribution in [0.3, 0.4) is 0 Å². The van der Waals surface area contributed by atoms with Gasteiger partial charge in [0.05, 0.1) is 0 Å². The van der Waals surface area contributed by atoms with Crippen molar-refractivity contribution in [1.29, 1.82) is 0 Å². The molecule has 1 atom stereocenters. The van der Waals surface area contributed by atoms with Gasteiger partial charge in [-0.3, -0.25) is 4.90 Å². The topological polar surface area (TPSA) is 44.4 Å². The molecule has 0 radical (unpaired) electrons. The van der Waals surface area contributed by atoms with Crippen LogP contribution in [0.25, 0.3) is 0 Å². The Labute approximate surface area is 125 Å². The van der Waals surface area contributed by atoms with Crippen LogP contribution >= 0.6 is 11.3 Å². The molecule has 4 nitrogen and oxygen atoms in total. The summed E-state index contributed by atoms with van der Waals surface area (Å²) in [4.78, 5) is 15.6. The standard InChI is InChI=1S/C15H25N3OS/c1-11(2)12(3)17-15(19)16-6-8-18-7-4-14-13(10-18)5-9-20-14/h5,9,11-12H,4,6-8,10H2,1-3H3,(H2,16,17,19). The Morgan fingerprint density at radius 3 is 3.00 bits per heavy atom. The van der Waals surface area contributed by atoms with Crippen LogP contribution in [0.4, 0.5) is 4.79 Å². The quantitative estimate of drug-likeness (QED) is 0.876. The number of urea groups is 1. The Hall–Kier alpha value is -1.07. The molecule has 5 heteroatoms. The second-order valence-corrected chi connectivity index (χ2v) is 6.83. The fourth-order valence-electron chi connectivity index (χ4n) is 2.25.